The first-order valence-electron chi connectivity index (χ1n) is 5.54. The maximum absolute atomic E-state index is 11.2. The van der Waals surface area contributed by atoms with E-state index in [2.05, 4.69) is 5.32 Å². The summed E-state index contributed by atoms with van der Waals surface area (Å²) in [5.74, 6) is 0.653. The second kappa shape index (κ2) is 5.16. The maximum atomic E-state index is 11.2. The molecular formula is C12H15NO4. The quantitative estimate of drug-likeness (QED) is 0.704. The van der Waals surface area contributed by atoms with Crippen LogP contribution in [0.5, 0.6) is 5.75 Å². The Hall–Kier alpha value is -1.59. The van der Waals surface area contributed by atoms with Gasteiger partial charge in [0.2, 0.25) is 5.91 Å². The number of anilines is 1. The molecule has 0 saturated carbocycles. The summed E-state index contributed by atoms with van der Waals surface area (Å²) < 4.78 is 5.43. The molecule has 1 unspecified atom stereocenters. The molecule has 0 aromatic heterocycles. The number of benzene rings is 1. The van der Waals surface area contributed by atoms with Crippen LogP contribution in [0.25, 0.3) is 0 Å². The lowest BCUT2D eigenvalue weighted by Crippen LogP contribution is -2.23. The fraction of sp³-hybridized carbons (Fsp3) is 0.417. The Morgan fingerprint density at radius 3 is 3.00 bits per heavy atom. The molecule has 92 valence electrons. The van der Waals surface area contributed by atoms with Crippen LogP contribution in [0.4, 0.5) is 5.69 Å². The molecule has 1 heterocycles. The van der Waals surface area contributed by atoms with E-state index < -0.39 is 6.10 Å². The van der Waals surface area contributed by atoms with E-state index in [1.807, 2.05) is 6.07 Å². The van der Waals surface area contributed by atoms with Gasteiger partial charge in [-0.3, -0.25) is 4.79 Å². The van der Waals surface area contributed by atoms with Crippen LogP contribution in [-0.2, 0) is 11.2 Å². The van der Waals surface area contributed by atoms with Crippen molar-refractivity contribution in [2.45, 2.75) is 18.9 Å². The molecule has 17 heavy (non-hydrogen) atoms. The average Bonchev–Trinajstić information content (AvgIpc) is 2.35. The van der Waals surface area contributed by atoms with Crippen LogP contribution in [0.15, 0.2) is 18.2 Å². The van der Waals surface area contributed by atoms with Gasteiger partial charge in [0.25, 0.3) is 0 Å². The zero-order valence-corrected chi connectivity index (χ0v) is 9.35. The summed E-state index contributed by atoms with van der Waals surface area (Å²) in [5, 5.41) is 20.7. The predicted molar refractivity (Wildman–Crippen MR) is 62.0 cm³/mol. The Balaban J connectivity index is 2.13. The van der Waals surface area contributed by atoms with E-state index in [1.54, 1.807) is 12.1 Å². The summed E-state index contributed by atoms with van der Waals surface area (Å²) in [4.78, 5) is 11.2. The molecule has 5 heteroatoms. The van der Waals surface area contributed by atoms with Crippen molar-refractivity contribution in [1.82, 2.24) is 0 Å². The van der Waals surface area contributed by atoms with E-state index in [4.69, 9.17) is 9.84 Å². The minimum Gasteiger partial charge on any atom is -0.490 e. The highest BCUT2D eigenvalue weighted by Crippen LogP contribution is 2.30. The summed E-state index contributed by atoms with van der Waals surface area (Å²) >= 11 is 0. The minimum atomic E-state index is -0.885. The van der Waals surface area contributed by atoms with Crippen molar-refractivity contribution in [3.63, 3.8) is 0 Å². The SMILES string of the molecule is O=C1CCc2c(cccc2OCC(O)CO)N1. The molecule has 0 aliphatic carbocycles. The van der Waals surface area contributed by atoms with Gasteiger partial charge in [-0.25, -0.2) is 0 Å². The Labute approximate surface area is 99.0 Å². The van der Waals surface area contributed by atoms with Gasteiger partial charge in [0.1, 0.15) is 18.5 Å². The fourth-order valence-corrected chi connectivity index (χ4v) is 1.77. The standard InChI is InChI=1S/C12H15NO4/c14-6-8(15)7-17-11-3-1-2-10-9(11)4-5-12(16)13-10/h1-3,8,14-15H,4-7H2,(H,13,16). The van der Waals surface area contributed by atoms with Crippen molar-refractivity contribution in [3.8, 4) is 5.75 Å². The molecule has 0 bridgehead atoms. The molecule has 0 fully saturated rings. The van der Waals surface area contributed by atoms with Gasteiger partial charge in [-0.1, -0.05) is 6.07 Å². The van der Waals surface area contributed by atoms with Crippen LogP contribution in [-0.4, -0.2) is 35.4 Å². The van der Waals surface area contributed by atoms with Crippen molar-refractivity contribution in [1.29, 1.82) is 0 Å². The largest absolute Gasteiger partial charge is 0.490 e. The van der Waals surface area contributed by atoms with E-state index in [-0.39, 0.29) is 19.1 Å². The molecule has 1 atom stereocenters. The lowest BCUT2D eigenvalue weighted by molar-refractivity contribution is -0.116. The molecule has 1 aliphatic rings. The van der Waals surface area contributed by atoms with Crippen molar-refractivity contribution in [3.05, 3.63) is 23.8 Å². The van der Waals surface area contributed by atoms with Gasteiger partial charge in [-0.2, -0.15) is 0 Å². The van der Waals surface area contributed by atoms with Crippen molar-refractivity contribution >= 4 is 11.6 Å². The summed E-state index contributed by atoms with van der Waals surface area (Å²) in [6.07, 6.45) is 0.187. The number of aliphatic hydroxyl groups is 2. The number of aliphatic hydroxyl groups excluding tert-OH is 2. The van der Waals surface area contributed by atoms with E-state index in [9.17, 15) is 9.90 Å². The number of ether oxygens (including phenoxy) is 1. The highest BCUT2D eigenvalue weighted by Gasteiger charge is 2.18. The van der Waals surface area contributed by atoms with E-state index in [1.165, 1.54) is 0 Å². The molecule has 1 amide bonds. The van der Waals surface area contributed by atoms with E-state index in [0.29, 0.717) is 18.6 Å². The fourth-order valence-electron chi connectivity index (χ4n) is 1.77. The number of rotatable bonds is 4. The zero-order chi connectivity index (χ0) is 12.3. The topological polar surface area (TPSA) is 78.8 Å². The van der Waals surface area contributed by atoms with Crippen LogP contribution in [0.3, 0.4) is 0 Å². The summed E-state index contributed by atoms with van der Waals surface area (Å²) in [7, 11) is 0. The summed E-state index contributed by atoms with van der Waals surface area (Å²) in [6, 6.07) is 5.40. The Morgan fingerprint density at radius 1 is 1.41 bits per heavy atom. The zero-order valence-electron chi connectivity index (χ0n) is 9.35. The van der Waals surface area contributed by atoms with E-state index in [0.717, 1.165) is 11.3 Å². The Bertz CT molecular complexity index is 419. The summed E-state index contributed by atoms with van der Waals surface area (Å²) in [5.41, 5.74) is 1.70. The number of hydrogen-bond acceptors (Lipinski definition) is 4. The number of hydrogen-bond donors (Lipinski definition) is 3. The Kier molecular flexibility index (Phi) is 3.61. The normalized spacial score (nSPS) is 16.0. The molecule has 0 saturated heterocycles. The number of fused-ring (bicyclic) bond motifs is 1. The number of nitrogens with one attached hydrogen (secondary N) is 1. The monoisotopic (exact) mass is 237 g/mol. The van der Waals surface area contributed by atoms with Crippen molar-refractivity contribution in [2.24, 2.45) is 0 Å². The van der Waals surface area contributed by atoms with E-state index >= 15 is 0 Å². The number of amides is 1. The first-order chi connectivity index (χ1) is 8.20. The van der Waals surface area contributed by atoms with Gasteiger partial charge in [-0.15, -0.1) is 0 Å². The first kappa shape index (κ1) is 11.9. The minimum absolute atomic E-state index is 0.00467. The lowest BCUT2D eigenvalue weighted by atomic mass is 10.0. The molecule has 0 radical (unpaired) electrons. The van der Waals surface area contributed by atoms with Crippen LogP contribution < -0.4 is 10.1 Å². The van der Waals surface area contributed by atoms with Gasteiger partial charge >= 0.3 is 0 Å². The molecule has 1 aromatic rings. The van der Waals surface area contributed by atoms with Crippen LogP contribution >= 0.6 is 0 Å². The Morgan fingerprint density at radius 2 is 2.24 bits per heavy atom. The second-order valence-electron chi connectivity index (χ2n) is 3.98. The third-order valence-electron chi connectivity index (χ3n) is 2.65. The molecule has 1 aliphatic heterocycles. The van der Waals surface area contributed by atoms with Crippen molar-refractivity contribution in [2.75, 3.05) is 18.5 Å². The number of carbonyl (C=O) groups excluding carboxylic acids is 1. The highest BCUT2D eigenvalue weighted by molar-refractivity contribution is 5.94. The maximum Gasteiger partial charge on any atom is 0.224 e. The third kappa shape index (κ3) is 2.75. The molecular weight excluding hydrogens is 222 g/mol. The van der Waals surface area contributed by atoms with Gasteiger partial charge in [0, 0.05) is 17.7 Å². The van der Waals surface area contributed by atoms with Crippen molar-refractivity contribution < 1.29 is 19.7 Å². The predicted octanol–water partition coefficient (Wildman–Crippen LogP) is 0.303. The molecule has 5 nitrogen and oxygen atoms in total. The average molecular weight is 237 g/mol. The molecule has 0 spiro atoms. The second-order valence-corrected chi connectivity index (χ2v) is 3.98. The highest BCUT2D eigenvalue weighted by atomic mass is 16.5. The molecule has 3 N–H and O–H groups in total. The van der Waals surface area contributed by atoms with Gasteiger partial charge in [-0.05, 0) is 18.6 Å². The van der Waals surface area contributed by atoms with Gasteiger partial charge < -0.3 is 20.3 Å². The number of carbonyl (C=O) groups is 1. The van der Waals surface area contributed by atoms with Gasteiger partial charge in [0.05, 0.1) is 6.61 Å². The molecule has 1 aromatic carbocycles. The smallest absolute Gasteiger partial charge is 0.224 e. The van der Waals surface area contributed by atoms with Crippen LogP contribution in [0.2, 0.25) is 0 Å². The van der Waals surface area contributed by atoms with Gasteiger partial charge in [0.15, 0.2) is 0 Å². The molecule has 2 rings (SSSR count). The lowest BCUT2D eigenvalue weighted by Gasteiger charge is -2.20. The first-order valence-corrected chi connectivity index (χ1v) is 5.54. The summed E-state index contributed by atoms with van der Waals surface area (Å²) in [6.45, 7) is -0.285. The van der Waals surface area contributed by atoms with Crippen LogP contribution in [0, 0.1) is 0 Å². The third-order valence-corrected chi connectivity index (χ3v) is 2.65. The van der Waals surface area contributed by atoms with Crippen LogP contribution in [0.1, 0.15) is 12.0 Å².